The van der Waals surface area contributed by atoms with Gasteiger partial charge in [-0.1, -0.05) is 12.1 Å². The highest BCUT2D eigenvalue weighted by molar-refractivity contribution is 7.12. The summed E-state index contributed by atoms with van der Waals surface area (Å²) in [6.45, 7) is 4.16. The predicted molar refractivity (Wildman–Crippen MR) is 99.6 cm³/mol. The molecule has 1 atom stereocenters. The first-order chi connectivity index (χ1) is 12.9. The van der Waals surface area contributed by atoms with E-state index in [1.807, 2.05) is 22.4 Å². The molecule has 5 nitrogen and oxygen atoms in total. The summed E-state index contributed by atoms with van der Waals surface area (Å²) in [5.41, 5.74) is 0.246. The van der Waals surface area contributed by atoms with Crippen molar-refractivity contribution < 1.29 is 18.4 Å². The third-order valence-electron chi connectivity index (χ3n) is 4.57. The van der Waals surface area contributed by atoms with Crippen LogP contribution in [0.25, 0.3) is 0 Å². The van der Waals surface area contributed by atoms with E-state index in [2.05, 4.69) is 5.32 Å². The number of hydrogen-bond acceptors (Lipinski definition) is 4. The fourth-order valence-corrected chi connectivity index (χ4v) is 3.78. The van der Waals surface area contributed by atoms with Crippen LogP contribution in [0.3, 0.4) is 0 Å². The minimum Gasteiger partial charge on any atom is -0.348 e. The Kier molecular flexibility index (Phi) is 6.18. The number of carbonyl (C=O) groups is 2. The molecule has 27 heavy (non-hydrogen) atoms. The van der Waals surface area contributed by atoms with E-state index < -0.39 is 17.7 Å². The van der Waals surface area contributed by atoms with E-state index in [9.17, 15) is 18.4 Å². The molecule has 3 rings (SSSR count). The van der Waals surface area contributed by atoms with Gasteiger partial charge in [0.1, 0.15) is 11.6 Å². The van der Waals surface area contributed by atoms with Gasteiger partial charge in [0.25, 0.3) is 5.91 Å². The number of amides is 2. The van der Waals surface area contributed by atoms with Gasteiger partial charge in [0.15, 0.2) is 0 Å². The molecule has 0 aliphatic carbocycles. The molecule has 0 spiro atoms. The molecular formula is C19H21F2N3O2S. The Morgan fingerprint density at radius 3 is 2.56 bits per heavy atom. The topological polar surface area (TPSA) is 52.7 Å². The smallest absolute Gasteiger partial charge is 0.264 e. The van der Waals surface area contributed by atoms with E-state index in [1.54, 1.807) is 11.8 Å². The number of rotatable bonds is 5. The van der Waals surface area contributed by atoms with Crippen molar-refractivity contribution in [2.24, 2.45) is 0 Å². The summed E-state index contributed by atoms with van der Waals surface area (Å²) in [6.07, 6.45) is 0. The first-order valence-electron chi connectivity index (χ1n) is 8.73. The number of thiophene rings is 1. The molecule has 2 aromatic rings. The summed E-state index contributed by atoms with van der Waals surface area (Å²) >= 11 is 1.42. The molecule has 2 amide bonds. The van der Waals surface area contributed by atoms with Crippen LogP contribution in [0.1, 0.15) is 28.2 Å². The summed E-state index contributed by atoms with van der Waals surface area (Å²) in [4.78, 5) is 29.0. The van der Waals surface area contributed by atoms with Crippen molar-refractivity contribution in [3.8, 4) is 0 Å². The normalized spacial score (nSPS) is 16.2. The van der Waals surface area contributed by atoms with E-state index >= 15 is 0 Å². The summed E-state index contributed by atoms with van der Waals surface area (Å²) in [7, 11) is 0. The third kappa shape index (κ3) is 4.90. The summed E-state index contributed by atoms with van der Waals surface area (Å²) < 4.78 is 26.8. The second kappa shape index (κ2) is 8.58. The van der Waals surface area contributed by atoms with Crippen LogP contribution < -0.4 is 5.32 Å². The number of hydrogen-bond donors (Lipinski definition) is 1. The summed E-state index contributed by atoms with van der Waals surface area (Å²) in [6, 6.07) is 6.42. The van der Waals surface area contributed by atoms with Gasteiger partial charge in [0.05, 0.1) is 17.5 Å². The number of piperazine rings is 1. The van der Waals surface area contributed by atoms with Crippen molar-refractivity contribution in [2.45, 2.75) is 13.0 Å². The van der Waals surface area contributed by atoms with Gasteiger partial charge in [0, 0.05) is 37.8 Å². The van der Waals surface area contributed by atoms with Crippen molar-refractivity contribution in [3.05, 3.63) is 57.8 Å². The van der Waals surface area contributed by atoms with Crippen LogP contribution >= 0.6 is 11.3 Å². The van der Waals surface area contributed by atoms with Crippen molar-refractivity contribution in [1.29, 1.82) is 0 Å². The summed E-state index contributed by atoms with van der Waals surface area (Å²) in [5, 5.41) is 4.61. The number of benzene rings is 1. The van der Waals surface area contributed by atoms with Gasteiger partial charge in [-0.15, -0.1) is 11.3 Å². The van der Waals surface area contributed by atoms with Crippen LogP contribution in [0, 0.1) is 11.6 Å². The van der Waals surface area contributed by atoms with Crippen molar-refractivity contribution in [3.63, 3.8) is 0 Å². The maximum absolute atomic E-state index is 13.8. The van der Waals surface area contributed by atoms with Crippen LogP contribution in [0.4, 0.5) is 8.78 Å². The molecule has 0 unspecified atom stereocenters. The first kappa shape index (κ1) is 19.4. The van der Waals surface area contributed by atoms with Gasteiger partial charge in [0.2, 0.25) is 5.91 Å². The van der Waals surface area contributed by atoms with Gasteiger partial charge in [-0.05, 0) is 24.4 Å². The monoisotopic (exact) mass is 393 g/mol. The largest absolute Gasteiger partial charge is 0.348 e. The molecule has 2 heterocycles. The van der Waals surface area contributed by atoms with E-state index in [1.165, 1.54) is 23.5 Å². The quantitative estimate of drug-likeness (QED) is 0.850. The fourth-order valence-electron chi connectivity index (χ4n) is 3.09. The lowest BCUT2D eigenvalue weighted by Crippen LogP contribution is -2.51. The second-order valence-corrected chi connectivity index (χ2v) is 7.45. The molecular weight excluding hydrogens is 372 g/mol. The van der Waals surface area contributed by atoms with Crippen molar-refractivity contribution in [2.75, 3.05) is 32.7 Å². The lowest BCUT2D eigenvalue weighted by Gasteiger charge is -2.34. The van der Waals surface area contributed by atoms with Gasteiger partial charge in [-0.3, -0.25) is 14.5 Å². The molecule has 1 aromatic heterocycles. The molecule has 1 saturated heterocycles. The minimum absolute atomic E-state index is 0.0227. The Bertz CT molecular complexity index is 805. The van der Waals surface area contributed by atoms with Gasteiger partial charge in [-0.25, -0.2) is 8.78 Å². The van der Waals surface area contributed by atoms with Crippen LogP contribution in [-0.4, -0.2) is 54.3 Å². The molecule has 1 aliphatic rings. The van der Waals surface area contributed by atoms with Crippen LogP contribution in [-0.2, 0) is 4.79 Å². The molecule has 1 aliphatic heterocycles. The average molecular weight is 393 g/mol. The lowest BCUT2D eigenvalue weighted by atomic mass is 10.1. The zero-order chi connectivity index (χ0) is 19.4. The number of carbonyl (C=O) groups excluding carboxylic acids is 2. The molecule has 0 saturated carbocycles. The van der Waals surface area contributed by atoms with E-state index in [0.29, 0.717) is 26.2 Å². The average Bonchev–Trinajstić information content (AvgIpc) is 3.16. The zero-order valence-corrected chi connectivity index (χ0v) is 15.8. The maximum Gasteiger partial charge on any atom is 0.264 e. The SMILES string of the molecule is C[C@H](NC(=O)CN1CCN(C(=O)c2cccs2)CC1)c1ccc(F)cc1F. The van der Waals surface area contributed by atoms with Gasteiger partial charge in [-0.2, -0.15) is 0 Å². The number of halogens is 2. The Morgan fingerprint density at radius 2 is 1.93 bits per heavy atom. The number of nitrogens with zero attached hydrogens (tertiary/aromatic N) is 2. The molecule has 0 bridgehead atoms. The molecule has 1 aromatic carbocycles. The maximum atomic E-state index is 13.8. The predicted octanol–water partition coefficient (Wildman–Crippen LogP) is 2.66. The first-order valence-corrected chi connectivity index (χ1v) is 9.61. The van der Waals surface area contributed by atoms with Gasteiger partial charge < -0.3 is 10.2 Å². The molecule has 0 radical (unpaired) electrons. The van der Waals surface area contributed by atoms with Crippen LogP contribution in [0.5, 0.6) is 0 Å². The second-order valence-electron chi connectivity index (χ2n) is 6.50. The molecule has 144 valence electrons. The lowest BCUT2D eigenvalue weighted by molar-refractivity contribution is -0.123. The Morgan fingerprint density at radius 1 is 1.19 bits per heavy atom. The minimum atomic E-state index is -0.677. The number of nitrogens with one attached hydrogen (secondary N) is 1. The zero-order valence-electron chi connectivity index (χ0n) is 15.0. The van der Waals surface area contributed by atoms with E-state index in [0.717, 1.165) is 10.9 Å². The van der Waals surface area contributed by atoms with Gasteiger partial charge >= 0.3 is 0 Å². The Hall–Kier alpha value is -2.32. The molecule has 1 N–H and O–H groups in total. The highest BCUT2D eigenvalue weighted by atomic mass is 32.1. The third-order valence-corrected chi connectivity index (χ3v) is 5.42. The van der Waals surface area contributed by atoms with E-state index in [-0.39, 0.29) is 23.9 Å². The van der Waals surface area contributed by atoms with Crippen LogP contribution in [0.15, 0.2) is 35.7 Å². The van der Waals surface area contributed by atoms with Crippen molar-refractivity contribution >= 4 is 23.2 Å². The Balaban J connectivity index is 1.47. The molecule has 8 heteroatoms. The Labute approximate surface area is 160 Å². The van der Waals surface area contributed by atoms with Crippen molar-refractivity contribution in [1.82, 2.24) is 15.1 Å². The van der Waals surface area contributed by atoms with Crippen LogP contribution in [0.2, 0.25) is 0 Å². The molecule has 1 fully saturated rings. The standard InChI is InChI=1S/C19H21F2N3O2S/c1-13(15-5-4-14(20)11-16(15)21)22-18(25)12-23-6-8-24(9-7-23)19(26)17-3-2-10-27-17/h2-5,10-11,13H,6-9,12H2,1H3,(H,22,25)/t13-/m0/s1. The fraction of sp³-hybridized carbons (Fsp3) is 0.368. The summed E-state index contributed by atoms with van der Waals surface area (Å²) in [5.74, 6) is -1.54. The highest BCUT2D eigenvalue weighted by Gasteiger charge is 2.24. The van der Waals surface area contributed by atoms with E-state index in [4.69, 9.17) is 0 Å². The highest BCUT2D eigenvalue weighted by Crippen LogP contribution is 2.18.